The third-order valence-electron chi connectivity index (χ3n) is 3.20. The third kappa shape index (κ3) is 3.15. The summed E-state index contributed by atoms with van der Waals surface area (Å²) in [5.74, 6) is 0.636. The topological polar surface area (TPSA) is 35.9 Å². The van der Waals surface area contributed by atoms with Gasteiger partial charge in [-0.1, -0.05) is 29.5 Å². The number of hydrogen-bond acceptors (Lipinski definition) is 3. The first-order valence-electron chi connectivity index (χ1n) is 6.62. The molecule has 0 radical (unpaired) electrons. The number of hydrogen-bond donors (Lipinski definition) is 0. The van der Waals surface area contributed by atoms with Gasteiger partial charge in [-0.05, 0) is 39.8 Å². The van der Waals surface area contributed by atoms with E-state index in [9.17, 15) is 4.79 Å². The molecular weight excluding hydrogens is 270 g/mol. The first kappa shape index (κ1) is 14.9. The number of rotatable bonds is 1. The maximum absolute atomic E-state index is 12.4. The summed E-state index contributed by atoms with van der Waals surface area (Å²) in [6.45, 7) is 8.17. The van der Waals surface area contributed by atoms with Crippen molar-refractivity contribution in [2.24, 2.45) is 4.99 Å². The molecular formula is C15H21N3OS. The van der Waals surface area contributed by atoms with E-state index in [0.29, 0.717) is 5.88 Å². The molecule has 0 saturated carbocycles. The number of amides is 2. The highest BCUT2D eigenvalue weighted by molar-refractivity contribution is 8.13. The van der Waals surface area contributed by atoms with Gasteiger partial charge in [0.15, 0.2) is 5.17 Å². The fourth-order valence-corrected chi connectivity index (χ4v) is 3.04. The lowest BCUT2D eigenvalue weighted by Crippen LogP contribution is -2.55. The molecule has 0 aromatic heterocycles. The fourth-order valence-electron chi connectivity index (χ4n) is 1.85. The predicted molar refractivity (Wildman–Crippen MR) is 85.5 cm³/mol. The molecule has 108 valence electrons. The summed E-state index contributed by atoms with van der Waals surface area (Å²) in [5.41, 5.74) is 1.91. The van der Waals surface area contributed by atoms with Gasteiger partial charge in [-0.15, -0.1) is 0 Å². The van der Waals surface area contributed by atoms with Gasteiger partial charge in [-0.2, -0.15) is 0 Å². The predicted octanol–water partition coefficient (Wildman–Crippen LogP) is 3.84. The molecule has 4 nitrogen and oxygen atoms in total. The summed E-state index contributed by atoms with van der Waals surface area (Å²) in [6.07, 6.45) is 0. The van der Waals surface area contributed by atoms with E-state index in [4.69, 9.17) is 0 Å². The van der Waals surface area contributed by atoms with Crippen LogP contribution in [0.1, 0.15) is 26.3 Å². The van der Waals surface area contributed by atoms with E-state index in [-0.39, 0.29) is 11.6 Å². The number of benzene rings is 1. The number of nitrogens with zero attached hydrogens (tertiary/aromatic N) is 3. The molecule has 0 spiro atoms. The molecule has 1 aliphatic rings. The van der Waals surface area contributed by atoms with Crippen LogP contribution in [0.5, 0.6) is 0 Å². The minimum atomic E-state index is -0.173. The highest BCUT2D eigenvalue weighted by atomic mass is 32.2. The van der Waals surface area contributed by atoms with Crippen molar-refractivity contribution < 1.29 is 4.79 Å². The van der Waals surface area contributed by atoms with Crippen molar-refractivity contribution in [3.63, 3.8) is 0 Å². The Morgan fingerprint density at radius 2 is 1.80 bits per heavy atom. The van der Waals surface area contributed by atoms with Crippen molar-refractivity contribution in [3.8, 4) is 0 Å². The summed E-state index contributed by atoms with van der Waals surface area (Å²) in [4.78, 5) is 20.4. The molecule has 1 aromatic carbocycles. The van der Waals surface area contributed by atoms with Crippen LogP contribution in [0.3, 0.4) is 0 Å². The van der Waals surface area contributed by atoms with Crippen LogP contribution < -0.4 is 0 Å². The Hall–Kier alpha value is -1.49. The Kier molecular flexibility index (Phi) is 4.09. The maximum atomic E-state index is 12.4. The highest BCUT2D eigenvalue weighted by Gasteiger charge is 2.35. The van der Waals surface area contributed by atoms with E-state index < -0.39 is 0 Å². The van der Waals surface area contributed by atoms with Crippen LogP contribution in [0.4, 0.5) is 10.5 Å². The lowest BCUT2D eigenvalue weighted by Gasteiger charge is -2.41. The molecule has 0 aliphatic carbocycles. The second-order valence-electron chi connectivity index (χ2n) is 5.94. The fraction of sp³-hybridized carbons (Fsp3) is 0.467. The Balaban J connectivity index is 2.20. The first-order chi connectivity index (χ1) is 9.29. The summed E-state index contributed by atoms with van der Waals surface area (Å²) in [6, 6.07) is 7.99. The molecule has 1 fully saturated rings. The monoisotopic (exact) mass is 291 g/mol. The molecule has 0 atom stereocenters. The summed E-state index contributed by atoms with van der Waals surface area (Å²) >= 11 is 1.59. The van der Waals surface area contributed by atoms with Crippen molar-refractivity contribution in [1.29, 1.82) is 0 Å². The van der Waals surface area contributed by atoms with Gasteiger partial charge in [-0.3, -0.25) is 4.90 Å². The molecule has 0 unspecified atom stereocenters. The molecule has 1 aliphatic heterocycles. The number of urea groups is 1. The van der Waals surface area contributed by atoms with Crippen molar-refractivity contribution in [1.82, 2.24) is 9.80 Å². The van der Waals surface area contributed by atoms with Crippen LogP contribution in [0.2, 0.25) is 0 Å². The van der Waals surface area contributed by atoms with Crippen LogP contribution in [0, 0.1) is 6.92 Å². The third-order valence-corrected chi connectivity index (χ3v) is 4.21. The molecule has 0 bridgehead atoms. The van der Waals surface area contributed by atoms with Crippen molar-refractivity contribution in [2.75, 3.05) is 12.9 Å². The van der Waals surface area contributed by atoms with Gasteiger partial charge in [0.05, 0.1) is 11.6 Å². The lowest BCUT2D eigenvalue weighted by atomic mass is 10.1. The maximum Gasteiger partial charge on any atom is 0.326 e. The minimum Gasteiger partial charge on any atom is -0.310 e. The second-order valence-corrected chi connectivity index (χ2v) is 6.86. The van der Waals surface area contributed by atoms with Gasteiger partial charge in [0, 0.05) is 12.6 Å². The zero-order valence-corrected chi connectivity index (χ0v) is 13.5. The molecule has 2 rings (SSSR count). The number of thioether (sulfide) groups is 1. The Morgan fingerprint density at radius 1 is 1.20 bits per heavy atom. The molecule has 20 heavy (non-hydrogen) atoms. The number of aliphatic imine (C=N–C) groups is 1. The highest BCUT2D eigenvalue weighted by Crippen LogP contribution is 2.27. The van der Waals surface area contributed by atoms with E-state index in [2.05, 4.69) is 4.99 Å². The van der Waals surface area contributed by atoms with Crippen molar-refractivity contribution >= 4 is 28.6 Å². The summed E-state index contributed by atoms with van der Waals surface area (Å²) in [5, 5.41) is 0.749. The van der Waals surface area contributed by atoms with Gasteiger partial charge in [0.1, 0.15) is 0 Å². The van der Waals surface area contributed by atoms with Gasteiger partial charge >= 0.3 is 6.03 Å². The molecule has 0 N–H and O–H groups in total. The van der Waals surface area contributed by atoms with E-state index in [1.807, 2.05) is 56.9 Å². The number of carbonyl (C=O) groups is 1. The standard InChI is InChI=1S/C15H21N3OS/c1-11-6-8-12(9-7-11)16-13-17(5)14(19)18(10-20-13)15(2,3)4/h6-9H,10H2,1-5H3/b16-13+. The zero-order valence-electron chi connectivity index (χ0n) is 12.7. The Morgan fingerprint density at radius 3 is 2.35 bits per heavy atom. The SMILES string of the molecule is Cc1ccc(/N=C2/SCN(C(C)(C)C)C(=O)N2C)cc1. The minimum absolute atomic E-state index is 0.00196. The smallest absolute Gasteiger partial charge is 0.310 e. The van der Waals surface area contributed by atoms with Crippen LogP contribution >= 0.6 is 11.8 Å². The Bertz CT molecular complexity index is 531. The zero-order chi connectivity index (χ0) is 14.9. The quantitative estimate of drug-likeness (QED) is 0.788. The first-order valence-corrected chi connectivity index (χ1v) is 7.61. The van der Waals surface area contributed by atoms with Gasteiger partial charge < -0.3 is 4.90 Å². The average molecular weight is 291 g/mol. The van der Waals surface area contributed by atoms with Crippen molar-refractivity contribution in [3.05, 3.63) is 29.8 Å². The summed E-state index contributed by atoms with van der Waals surface area (Å²) < 4.78 is 0. The van der Waals surface area contributed by atoms with Crippen LogP contribution in [0.15, 0.2) is 29.3 Å². The van der Waals surface area contributed by atoms with E-state index in [1.54, 1.807) is 23.7 Å². The van der Waals surface area contributed by atoms with Crippen LogP contribution in [-0.4, -0.2) is 39.5 Å². The van der Waals surface area contributed by atoms with Crippen molar-refractivity contribution in [2.45, 2.75) is 33.2 Å². The molecule has 1 heterocycles. The number of amidine groups is 1. The average Bonchev–Trinajstić information content (AvgIpc) is 2.36. The van der Waals surface area contributed by atoms with E-state index in [0.717, 1.165) is 10.9 Å². The lowest BCUT2D eigenvalue weighted by molar-refractivity contribution is 0.144. The molecule has 1 aromatic rings. The summed E-state index contributed by atoms with van der Waals surface area (Å²) in [7, 11) is 1.78. The van der Waals surface area contributed by atoms with Gasteiger partial charge in [0.25, 0.3) is 0 Å². The van der Waals surface area contributed by atoms with Gasteiger partial charge in [-0.25, -0.2) is 9.79 Å². The molecule has 1 saturated heterocycles. The van der Waals surface area contributed by atoms with Crippen LogP contribution in [-0.2, 0) is 0 Å². The molecule has 5 heteroatoms. The van der Waals surface area contributed by atoms with E-state index in [1.165, 1.54) is 5.56 Å². The number of carbonyl (C=O) groups excluding carboxylic acids is 1. The van der Waals surface area contributed by atoms with Gasteiger partial charge in [0.2, 0.25) is 0 Å². The van der Waals surface area contributed by atoms with Crippen LogP contribution in [0.25, 0.3) is 0 Å². The Labute approximate surface area is 124 Å². The normalized spacial score (nSPS) is 18.9. The number of aryl methyl sites for hydroxylation is 1. The molecule has 2 amide bonds. The second kappa shape index (κ2) is 5.48. The van der Waals surface area contributed by atoms with E-state index >= 15 is 0 Å². The largest absolute Gasteiger partial charge is 0.326 e.